The molecule has 21 heavy (non-hydrogen) atoms. The van der Waals surface area contributed by atoms with Gasteiger partial charge in [-0.2, -0.15) is 0 Å². The first-order valence-corrected chi connectivity index (χ1v) is 8.66. The zero-order valence-corrected chi connectivity index (χ0v) is 13.2. The van der Waals surface area contributed by atoms with Crippen LogP contribution in [-0.2, 0) is 24.0 Å². The topological polar surface area (TPSA) is 29.5 Å². The molecule has 1 aromatic carbocycles. The van der Waals surface area contributed by atoms with Crippen molar-refractivity contribution in [2.75, 3.05) is 6.61 Å². The Kier molecular flexibility index (Phi) is 4.66. The van der Waals surface area contributed by atoms with Crippen LogP contribution < -0.4 is 0 Å². The molecule has 0 bridgehead atoms. The van der Waals surface area contributed by atoms with Crippen molar-refractivity contribution in [3.63, 3.8) is 0 Å². The smallest absolute Gasteiger partial charge is 0.0943 e. The van der Waals surface area contributed by atoms with Crippen molar-refractivity contribution in [1.29, 1.82) is 0 Å². The molecular weight excluding hydrogens is 260 g/mol. The van der Waals surface area contributed by atoms with Crippen LogP contribution in [0.1, 0.15) is 62.1 Å². The summed E-state index contributed by atoms with van der Waals surface area (Å²) in [5, 5.41) is 10.8. The van der Waals surface area contributed by atoms with Crippen LogP contribution in [0.3, 0.4) is 0 Å². The molecule has 0 amide bonds. The fourth-order valence-corrected chi connectivity index (χ4v) is 4.17. The van der Waals surface area contributed by atoms with E-state index in [0.717, 1.165) is 19.3 Å². The molecule has 3 rings (SSSR count). The fourth-order valence-electron chi connectivity index (χ4n) is 4.17. The van der Waals surface area contributed by atoms with Crippen LogP contribution >= 0.6 is 0 Å². The third-order valence-electron chi connectivity index (χ3n) is 5.33. The normalized spacial score (nSPS) is 22.0. The molecule has 0 aliphatic heterocycles. The maximum absolute atomic E-state index is 10.8. The molecular formula is C19H28O2. The molecule has 116 valence electrons. The molecule has 2 heteroatoms. The monoisotopic (exact) mass is 288 g/mol. The molecule has 0 radical (unpaired) electrons. The van der Waals surface area contributed by atoms with Crippen molar-refractivity contribution >= 4 is 0 Å². The van der Waals surface area contributed by atoms with E-state index in [4.69, 9.17) is 4.74 Å². The molecule has 1 unspecified atom stereocenters. The largest absolute Gasteiger partial charge is 0.390 e. The summed E-state index contributed by atoms with van der Waals surface area (Å²) in [6.07, 6.45) is 9.72. The maximum Gasteiger partial charge on any atom is 0.0943 e. The van der Waals surface area contributed by atoms with Crippen LogP contribution in [0.15, 0.2) is 18.2 Å². The zero-order chi connectivity index (χ0) is 14.7. The Bertz CT molecular complexity index is 469. The van der Waals surface area contributed by atoms with Crippen LogP contribution in [0.25, 0.3) is 0 Å². The lowest BCUT2D eigenvalue weighted by Gasteiger charge is -2.41. The van der Waals surface area contributed by atoms with Crippen LogP contribution in [0.2, 0.25) is 0 Å². The summed E-state index contributed by atoms with van der Waals surface area (Å²) in [4.78, 5) is 0. The minimum atomic E-state index is -0.378. The number of aryl methyl sites for hydroxylation is 2. The predicted molar refractivity (Wildman–Crippen MR) is 85.6 cm³/mol. The van der Waals surface area contributed by atoms with Gasteiger partial charge in [0.25, 0.3) is 0 Å². The Labute approximate surface area is 128 Å². The highest BCUT2D eigenvalue weighted by Crippen LogP contribution is 2.36. The van der Waals surface area contributed by atoms with Crippen LogP contribution in [0.5, 0.6) is 0 Å². The fraction of sp³-hybridized carbons (Fsp3) is 0.684. The molecule has 1 saturated carbocycles. The van der Waals surface area contributed by atoms with E-state index in [1.165, 1.54) is 55.2 Å². The number of fused-ring (bicyclic) bond motifs is 1. The van der Waals surface area contributed by atoms with Crippen LogP contribution in [0, 0.1) is 0 Å². The second-order valence-electron chi connectivity index (χ2n) is 6.73. The number of hydrogen-bond donors (Lipinski definition) is 1. The lowest BCUT2D eigenvalue weighted by Crippen LogP contribution is -2.47. The highest BCUT2D eigenvalue weighted by molar-refractivity contribution is 5.35. The minimum absolute atomic E-state index is 0.300. The van der Waals surface area contributed by atoms with E-state index in [-0.39, 0.29) is 11.7 Å². The Balaban J connectivity index is 1.73. The molecule has 0 heterocycles. The first-order chi connectivity index (χ1) is 10.2. The van der Waals surface area contributed by atoms with E-state index in [0.29, 0.717) is 6.61 Å². The minimum Gasteiger partial charge on any atom is -0.390 e. The Morgan fingerprint density at radius 2 is 1.86 bits per heavy atom. The molecule has 1 atom stereocenters. The average Bonchev–Trinajstić information content (AvgIpc) is 2.96. The van der Waals surface area contributed by atoms with Gasteiger partial charge in [-0.3, -0.25) is 0 Å². The standard InChI is InChI=1S/C19H28O2/c1-2-21-19(11-4-3-5-12-19)18(20)14-15-9-10-16-7-6-8-17(16)13-15/h9-10,13,18,20H,2-8,11-12,14H2,1H3. The Morgan fingerprint density at radius 3 is 2.62 bits per heavy atom. The van der Waals surface area contributed by atoms with Gasteiger partial charge in [0.2, 0.25) is 0 Å². The number of aliphatic hydroxyl groups is 1. The third-order valence-corrected chi connectivity index (χ3v) is 5.33. The van der Waals surface area contributed by atoms with Crippen LogP contribution in [0.4, 0.5) is 0 Å². The van der Waals surface area contributed by atoms with Crippen molar-refractivity contribution in [3.05, 3.63) is 34.9 Å². The molecule has 2 aliphatic rings. The molecule has 1 fully saturated rings. The van der Waals surface area contributed by atoms with Gasteiger partial charge in [-0.05, 0) is 55.7 Å². The van der Waals surface area contributed by atoms with Gasteiger partial charge >= 0.3 is 0 Å². The summed E-state index contributed by atoms with van der Waals surface area (Å²) in [5.74, 6) is 0. The summed E-state index contributed by atoms with van der Waals surface area (Å²) >= 11 is 0. The molecule has 0 spiro atoms. The SMILES string of the molecule is CCOC1(C(O)Cc2ccc3c(c2)CCC3)CCCCC1. The van der Waals surface area contributed by atoms with Gasteiger partial charge in [-0.1, -0.05) is 37.5 Å². The first-order valence-electron chi connectivity index (χ1n) is 8.66. The van der Waals surface area contributed by atoms with Gasteiger partial charge in [0, 0.05) is 13.0 Å². The number of aliphatic hydroxyl groups excluding tert-OH is 1. The van der Waals surface area contributed by atoms with Gasteiger partial charge in [-0.15, -0.1) is 0 Å². The summed E-state index contributed by atoms with van der Waals surface area (Å²) in [7, 11) is 0. The van der Waals surface area contributed by atoms with Gasteiger partial charge < -0.3 is 9.84 Å². The van der Waals surface area contributed by atoms with E-state index < -0.39 is 0 Å². The van der Waals surface area contributed by atoms with Crippen molar-refractivity contribution in [2.24, 2.45) is 0 Å². The molecule has 2 aliphatic carbocycles. The quantitative estimate of drug-likeness (QED) is 0.892. The van der Waals surface area contributed by atoms with Crippen molar-refractivity contribution in [1.82, 2.24) is 0 Å². The van der Waals surface area contributed by atoms with Gasteiger partial charge in [0.1, 0.15) is 0 Å². The summed E-state index contributed by atoms with van der Waals surface area (Å²) < 4.78 is 6.05. The van der Waals surface area contributed by atoms with E-state index in [9.17, 15) is 5.11 Å². The molecule has 2 nitrogen and oxygen atoms in total. The third kappa shape index (κ3) is 3.17. The van der Waals surface area contributed by atoms with Crippen molar-refractivity contribution < 1.29 is 9.84 Å². The van der Waals surface area contributed by atoms with E-state index in [1.54, 1.807) is 0 Å². The average molecular weight is 288 g/mol. The molecule has 1 N–H and O–H groups in total. The number of hydrogen-bond acceptors (Lipinski definition) is 2. The predicted octanol–water partition coefficient (Wildman–Crippen LogP) is 3.82. The number of rotatable bonds is 5. The summed E-state index contributed by atoms with van der Waals surface area (Å²) in [6.45, 7) is 2.74. The molecule has 1 aromatic rings. The summed E-state index contributed by atoms with van der Waals surface area (Å²) in [5.41, 5.74) is 3.97. The van der Waals surface area contributed by atoms with Crippen LogP contribution in [-0.4, -0.2) is 23.4 Å². The second-order valence-corrected chi connectivity index (χ2v) is 6.73. The highest BCUT2D eigenvalue weighted by atomic mass is 16.5. The maximum atomic E-state index is 10.8. The van der Waals surface area contributed by atoms with Gasteiger partial charge in [-0.25, -0.2) is 0 Å². The van der Waals surface area contributed by atoms with E-state index in [2.05, 4.69) is 18.2 Å². The Hall–Kier alpha value is -0.860. The first kappa shape index (κ1) is 15.1. The zero-order valence-electron chi connectivity index (χ0n) is 13.2. The highest BCUT2D eigenvalue weighted by Gasteiger charge is 2.39. The number of ether oxygens (including phenoxy) is 1. The summed E-state index contributed by atoms with van der Waals surface area (Å²) in [6, 6.07) is 6.78. The number of benzene rings is 1. The van der Waals surface area contributed by atoms with Gasteiger partial charge in [0.05, 0.1) is 11.7 Å². The van der Waals surface area contributed by atoms with Gasteiger partial charge in [0.15, 0.2) is 0 Å². The molecule has 0 saturated heterocycles. The van der Waals surface area contributed by atoms with E-state index in [1.807, 2.05) is 6.92 Å². The molecule has 0 aromatic heterocycles. The van der Waals surface area contributed by atoms with Crippen molar-refractivity contribution in [3.8, 4) is 0 Å². The lowest BCUT2D eigenvalue weighted by molar-refractivity contribution is -0.138. The Morgan fingerprint density at radius 1 is 1.10 bits per heavy atom. The van der Waals surface area contributed by atoms with E-state index >= 15 is 0 Å². The lowest BCUT2D eigenvalue weighted by atomic mass is 9.78. The second kappa shape index (κ2) is 6.50. The van der Waals surface area contributed by atoms with Crippen molar-refractivity contribution in [2.45, 2.75) is 76.4 Å².